The summed E-state index contributed by atoms with van der Waals surface area (Å²) in [7, 11) is 0. The first-order valence-corrected chi connectivity index (χ1v) is 8.23. The molecule has 134 valence electrons. The van der Waals surface area contributed by atoms with Crippen molar-refractivity contribution in [1.82, 2.24) is 9.38 Å². The van der Waals surface area contributed by atoms with E-state index in [-0.39, 0.29) is 31.4 Å². The van der Waals surface area contributed by atoms with E-state index in [1.165, 1.54) is 6.08 Å². The summed E-state index contributed by atoms with van der Waals surface area (Å²) >= 11 is 0. The number of carbonyl (C=O) groups is 2. The van der Waals surface area contributed by atoms with Crippen LogP contribution in [0.5, 0.6) is 0 Å². The predicted molar refractivity (Wildman–Crippen MR) is 94.2 cm³/mol. The molecule has 0 bridgehead atoms. The lowest BCUT2D eigenvalue weighted by Crippen LogP contribution is -2.25. The second kappa shape index (κ2) is 7.96. The number of esters is 2. The first-order valence-electron chi connectivity index (χ1n) is 8.23. The molecule has 0 aliphatic rings. The maximum Gasteiger partial charge on any atom is 0.312 e. The van der Waals surface area contributed by atoms with Crippen LogP contribution >= 0.6 is 0 Å². The molecule has 6 nitrogen and oxygen atoms in total. The maximum atomic E-state index is 12.1. The number of aromatic nitrogens is 2. The van der Waals surface area contributed by atoms with Crippen molar-refractivity contribution in [3.8, 4) is 0 Å². The Kier molecular flexibility index (Phi) is 5.96. The molecule has 0 saturated carbocycles. The summed E-state index contributed by atoms with van der Waals surface area (Å²) in [4.78, 5) is 28.3. The maximum absolute atomic E-state index is 12.1. The third-order valence-corrected chi connectivity index (χ3v) is 3.34. The Balaban J connectivity index is 2.15. The van der Waals surface area contributed by atoms with E-state index in [4.69, 9.17) is 9.47 Å². The first-order chi connectivity index (χ1) is 11.8. The van der Waals surface area contributed by atoms with E-state index < -0.39 is 5.60 Å². The summed E-state index contributed by atoms with van der Waals surface area (Å²) in [6.07, 6.45) is 4.13. The van der Waals surface area contributed by atoms with E-state index in [0.717, 1.165) is 5.52 Å². The molecule has 0 amide bonds. The number of fused-ring (bicyclic) bond motifs is 1. The molecule has 6 heteroatoms. The summed E-state index contributed by atoms with van der Waals surface area (Å²) < 4.78 is 12.2. The molecule has 0 unspecified atom stereocenters. The number of imidazole rings is 1. The average molecular weight is 344 g/mol. The lowest BCUT2D eigenvalue weighted by molar-refractivity contribution is -0.154. The monoisotopic (exact) mass is 344 g/mol. The molecule has 0 atom stereocenters. The van der Waals surface area contributed by atoms with Crippen molar-refractivity contribution in [2.75, 3.05) is 6.61 Å². The van der Waals surface area contributed by atoms with Crippen molar-refractivity contribution in [3.05, 3.63) is 48.6 Å². The molecule has 0 fully saturated rings. The summed E-state index contributed by atoms with van der Waals surface area (Å²) in [5.74, 6) is 0.0827. The molecule has 0 saturated heterocycles. The summed E-state index contributed by atoms with van der Waals surface area (Å²) in [5.41, 5.74) is 0.941. The van der Waals surface area contributed by atoms with Gasteiger partial charge < -0.3 is 13.9 Å². The van der Waals surface area contributed by atoms with Crippen LogP contribution in [0.2, 0.25) is 0 Å². The van der Waals surface area contributed by atoms with E-state index in [0.29, 0.717) is 17.9 Å². The molecule has 0 radical (unpaired) electrons. The number of pyridine rings is 1. The highest BCUT2D eigenvalue weighted by Gasteiger charge is 2.20. The Morgan fingerprint density at radius 3 is 2.72 bits per heavy atom. The second-order valence-electron chi connectivity index (χ2n) is 6.67. The van der Waals surface area contributed by atoms with Crippen LogP contribution in [0.3, 0.4) is 0 Å². The van der Waals surface area contributed by atoms with Crippen LogP contribution in [0.25, 0.3) is 5.52 Å². The lowest BCUT2D eigenvalue weighted by Gasteiger charge is -2.19. The third-order valence-electron chi connectivity index (χ3n) is 3.34. The van der Waals surface area contributed by atoms with Gasteiger partial charge in [-0.15, -0.1) is 0 Å². The van der Waals surface area contributed by atoms with E-state index in [1.54, 1.807) is 0 Å². The Morgan fingerprint density at radius 2 is 2.04 bits per heavy atom. The number of nitrogens with zero attached hydrogens (tertiary/aromatic N) is 2. The number of ether oxygens (including phenoxy) is 2. The quantitative estimate of drug-likeness (QED) is 0.570. The Bertz CT molecular complexity index is 771. The van der Waals surface area contributed by atoms with E-state index in [2.05, 4.69) is 11.6 Å². The lowest BCUT2D eigenvalue weighted by atomic mass is 10.2. The molecule has 25 heavy (non-hydrogen) atoms. The zero-order chi connectivity index (χ0) is 18.4. The van der Waals surface area contributed by atoms with Gasteiger partial charge in [-0.2, -0.15) is 0 Å². The Labute approximate surface area is 147 Å². The van der Waals surface area contributed by atoms with Crippen LogP contribution in [0.1, 0.15) is 38.7 Å². The van der Waals surface area contributed by atoms with Gasteiger partial charge in [0.2, 0.25) is 0 Å². The van der Waals surface area contributed by atoms with Crippen molar-refractivity contribution in [1.29, 1.82) is 0 Å². The second-order valence-corrected chi connectivity index (χ2v) is 6.67. The van der Waals surface area contributed by atoms with Gasteiger partial charge in [0.25, 0.3) is 0 Å². The summed E-state index contributed by atoms with van der Waals surface area (Å²) in [5, 5.41) is 0. The van der Waals surface area contributed by atoms with Gasteiger partial charge in [0.15, 0.2) is 0 Å². The minimum atomic E-state index is -0.537. The number of aryl methyl sites for hydroxylation is 1. The fourth-order valence-corrected chi connectivity index (χ4v) is 2.43. The van der Waals surface area contributed by atoms with Crippen LogP contribution in [-0.4, -0.2) is 33.5 Å². The highest BCUT2D eigenvalue weighted by Crippen LogP contribution is 2.17. The van der Waals surface area contributed by atoms with Crippen molar-refractivity contribution in [2.45, 2.75) is 45.6 Å². The topological polar surface area (TPSA) is 69.9 Å². The van der Waals surface area contributed by atoms with Crippen LogP contribution in [0.15, 0.2) is 37.1 Å². The molecular weight excluding hydrogens is 320 g/mol. The molecule has 0 aliphatic carbocycles. The minimum absolute atomic E-state index is 0.0890. The van der Waals surface area contributed by atoms with Gasteiger partial charge in [-0.25, -0.2) is 4.98 Å². The number of hydrogen-bond donors (Lipinski definition) is 0. The van der Waals surface area contributed by atoms with Gasteiger partial charge in [0.1, 0.15) is 18.0 Å². The molecule has 2 aromatic rings. The fraction of sp³-hybridized carbons (Fsp3) is 0.421. The van der Waals surface area contributed by atoms with Crippen LogP contribution in [0, 0.1) is 0 Å². The molecular formula is C19H24N2O4. The minimum Gasteiger partial charge on any atom is -0.461 e. The van der Waals surface area contributed by atoms with Crippen molar-refractivity contribution in [3.63, 3.8) is 0 Å². The smallest absolute Gasteiger partial charge is 0.312 e. The van der Waals surface area contributed by atoms with Crippen molar-refractivity contribution in [2.24, 2.45) is 0 Å². The summed E-state index contributed by atoms with van der Waals surface area (Å²) in [6, 6.07) is 5.66. The van der Waals surface area contributed by atoms with E-state index >= 15 is 0 Å². The van der Waals surface area contributed by atoms with Crippen LogP contribution < -0.4 is 0 Å². The fourth-order valence-electron chi connectivity index (χ4n) is 2.43. The van der Waals surface area contributed by atoms with E-state index in [9.17, 15) is 9.59 Å². The molecule has 0 aliphatic heterocycles. The van der Waals surface area contributed by atoms with Crippen LogP contribution in [0.4, 0.5) is 0 Å². The molecule has 0 aromatic carbocycles. The standard InChI is InChI=1S/C19H24N2O4/c1-5-12-24-17(22)10-9-16-20-14(13-18(23)25-19(2,3)4)15-8-6-7-11-21(15)16/h5-8,11H,1,9-10,12-13H2,2-4H3. The summed E-state index contributed by atoms with van der Waals surface area (Å²) in [6.45, 7) is 9.20. The molecule has 2 rings (SSSR count). The van der Waals surface area contributed by atoms with Gasteiger partial charge in [-0.1, -0.05) is 18.7 Å². The van der Waals surface area contributed by atoms with Gasteiger partial charge in [0.05, 0.1) is 24.1 Å². The predicted octanol–water partition coefficient (Wildman–Crippen LogP) is 2.88. The average Bonchev–Trinajstić information content (AvgIpc) is 2.87. The van der Waals surface area contributed by atoms with Crippen molar-refractivity contribution >= 4 is 17.5 Å². The van der Waals surface area contributed by atoms with Crippen molar-refractivity contribution < 1.29 is 19.1 Å². The first kappa shape index (κ1) is 18.7. The molecule has 0 N–H and O–H groups in total. The Hall–Kier alpha value is -2.63. The van der Waals surface area contributed by atoms with Crippen LogP contribution in [-0.2, 0) is 31.9 Å². The molecule has 2 heterocycles. The highest BCUT2D eigenvalue weighted by atomic mass is 16.6. The number of hydrogen-bond acceptors (Lipinski definition) is 5. The molecule has 0 spiro atoms. The van der Waals surface area contributed by atoms with Gasteiger partial charge in [-0.05, 0) is 32.9 Å². The zero-order valence-corrected chi connectivity index (χ0v) is 14.9. The number of rotatable bonds is 7. The molecule has 2 aromatic heterocycles. The highest BCUT2D eigenvalue weighted by molar-refractivity contribution is 5.75. The Morgan fingerprint density at radius 1 is 1.28 bits per heavy atom. The largest absolute Gasteiger partial charge is 0.461 e. The SMILES string of the molecule is C=CCOC(=O)CCc1nc(CC(=O)OC(C)(C)C)c2ccccn12. The normalized spacial score (nSPS) is 11.3. The third kappa shape index (κ3) is 5.45. The zero-order valence-electron chi connectivity index (χ0n) is 14.9. The van der Waals surface area contributed by atoms with Gasteiger partial charge >= 0.3 is 11.9 Å². The van der Waals surface area contributed by atoms with Gasteiger partial charge in [-0.3, -0.25) is 9.59 Å². The van der Waals surface area contributed by atoms with E-state index in [1.807, 2.05) is 49.6 Å². The number of carbonyl (C=O) groups excluding carboxylic acids is 2. The van der Waals surface area contributed by atoms with Gasteiger partial charge in [0, 0.05) is 12.6 Å².